The van der Waals surface area contributed by atoms with Crippen LogP contribution in [0.1, 0.15) is 100.0 Å². The van der Waals surface area contributed by atoms with E-state index < -0.39 is 58.9 Å². The molecule has 4 saturated heterocycles. The molecule has 10 atom stereocenters. The Morgan fingerprint density at radius 1 is 0.667 bits per heavy atom. The topological polar surface area (TPSA) is 209 Å². The molecule has 0 saturated carbocycles. The molecular weight excluding hydrogens is 801 g/mol. The lowest BCUT2D eigenvalue weighted by Crippen LogP contribution is -2.57. The van der Waals surface area contributed by atoms with Gasteiger partial charge in [-0.05, 0) is 99.6 Å². The Balaban J connectivity index is 1.31. The lowest BCUT2D eigenvalue weighted by molar-refractivity contribution is -0.142. The average Bonchev–Trinajstić information content (AvgIpc) is 3.54. The second-order valence-electron chi connectivity index (χ2n) is 18.2. The number of rotatable bonds is 13. The lowest BCUT2D eigenvalue weighted by Gasteiger charge is -2.32. The minimum atomic E-state index is -0.867. The minimum Gasteiger partial charge on any atom is -0.368 e. The van der Waals surface area contributed by atoms with E-state index in [2.05, 4.69) is 45.5 Å². The summed E-state index contributed by atoms with van der Waals surface area (Å²) in [7, 11) is 3.38. The first-order valence-electron chi connectivity index (χ1n) is 20.9. The predicted molar refractivity (Wildman–Crippen MR) is 235 cm³/mol. The molecule has 2 aromatic carbocycles. The van der Waals surface area contributed by atoms with Crippen molar-refractivity contribution >= 4 is 59.0 Å². The fourth-order valence-electron chi connectivity index (χ4n) is 9.61. The molecule has 0 radical (unpaired) electrons. The summed E-state index contributed by atoms with van der Waals surface area (Å²) in [4.78, 5) is 84.3. The number of hydrogen-bond acceptors (Lipinski definition) is 10. The first-order valence-corrected chi connectivity index (χ1v) is 22.8. The standard InChI is InChI=1S/C44H62N8O6S2/c1-23(47-7)39(55)49-29-19-31(59-33-21-43(3,4)35(37(45)53)51(33)41(29)57)27-15-11-9-13-25(27)17-18-26-14-10-12-16-28(26)32-20-30(50-40(56)24(2)48-8)42(58)52-34(60-32)22-44(5,6)36(52)38(46)54/h9-16,23-24,29-36,47-48H,17-22H2,1-8H3,(H2,45,53)(H2,46,54)(H,49,55)(H,50,56)/t23-,24-,29?,30?,31?,32?,33?,34?,35?,36?/m0/s1. The number of thioether (sulfide) groups is 2. The van der Waals surface area contributed by atoms with Gasteiger partial charge in [0.15, 0.2) is 0 Å². The minimum absolute atomic E-state index is 0.185. The molecular formula is C44H62N8O6S2. The van der Waals surface area contributed by atoms with Gasteiger partial charge in [0, 0.05) is 10.5 Å². The fourth-order valence-corrected chi connectivity index (χ4v) is 13.5. The largest absolute Gasteiger partial charge is 0.368 e. The maximum atomic E-state index is 14.4. The number of fused-ring (bicyclic) bond motifs is 2. The van der Waals surface area contributed by atoms with Crippen molar-refractivity contribution < 1.29 is 28.8 Å². The highest BCUT2D eigenvalue weighted by molar-refractivity contribution is 8.00. The van der Waals surface area contributed by atoms with E-state index in [1.807, 2.05) is 52.0 Å². The molecule has 6 rings (SSSR count). The SMILES string of the molecule is CN[C@@H](C)C(=O)NC1CC(c2ccccc2CCc2ccccc2C2CC(NC(=O)[C@H](C)NC)C(=O)N3C(CC(C)(C)C3C(N)=O)S2)SC2CC(C)(C)C(C(N)=O)N2C1=O. The van der Waals surface area contributed by atoms with E-state index in [4.69, 9.17) is 11.5 Å². The smallest absolute Gasteiger partial charge is 0.246 e. The van der Waals surface area contributed by atoms with Crippen molar-refractivity contribution in [2.24, 2.45) is 22.3 Å². The van der Waals surface area contributed by atoms with Crippen molar-refractivity contribution in [1.29, 1.82) is 0 Å². The van der Waals surface area contributed by atoms with Crippen molar-refractivity contribution in [1.82, 2.24) is 31.1 Å². The van der Waals surface area contributed by atoms with Crippen LogP contribution in [0.3, 0.4) is 0 Å². The molecule has 6 amide bonds. The van der Waals surface area contributed by atoms with Gasteiger partial charge >= 0.3 is 0 Å². The lowest BCUT2D eigenvalue weighted by atomic mass is 9.84. The maximum absolute atomic E-state index is 14.4. The van der Waals surface area contributed by atoms with Crippen LogP contribution in [0.2, 0.25) is 0 Å². The van der Waals surface area contributed by atoms with Gasteiger partial charge in [-0.15, -0.1) is 23.5 Å². The summed E-state index contributed by atoms with van der Waals surface area (Å²) in [6, 6.07) is 12.0. The monoisotopic (exact) mass is 862 g/mol. The molecule has 0 aromatic heterocycles. The van der Waals surface area contributed by atoms with Crippen molar-refractivity contribution in [3.05, 3.63) is 70.8 Å². The van der Waals surface area contributed by atoms with Crippen LogP contribution in [0.5, 0.6) is 0 Å². The number of nitrogens with two attached hydrogens (primary N) is 2. The van der Waals surface area contributed by atoms with Gasteiger partial charge in [0.05, 0.1) is 22.8 Å². The van der Waals surface area contributed by atoms with E-state index in [-0.39, 0.29) is 44.9 Å². The van der Waals surface area contributed by atoms with Gasteiger partial charge in [-0.25, -0.2) is 0 Å². The molecule has 8 N–H and O–H groups in total. The molecule has 8 unspecified atom stereocenters. The Hall–Kier alpha value is -4.12. The van der Waals surface area contributed by atoms with Gasteiger partial charge in [0.1, 0.15) is 24.2 Å². The Morgan fingerprint density at radius 2 is 1.02 bits per heavy atom. The second-order valence-corrected chi connectivity index (χ2v) is 20.9. The van der Waals surface area contributed by atoms with Crippen LogP contribution in [0.25, 0.3) is 0 Å². The van der Waals surface area contributed by atoms with Crippen molar-refractivity contribution in [2.75, 3.05) is 14.1 Å². The van der Waals surface area contributed by atoms with Crippen LogP contribution >= 0.6 is 23.5 Å². The van der Waals surface area contributed by atoms with Crippen LogP contribution in [0.4, 0.5) is 0 Å². The number of aryl methyl sites for hydroxylation is 2. The predicted octanol–water partition coefficient (Wildman–Crippen LogP) is 2.89. The van der Waals surface area contributed by atoms with Gasteiger partial charge in [-0.3, -0.25) is 28.8 Å². The molecule has 326 valence electrons. The molecule has 0 aliphatic carbocycles. The van der Waals surface area contributed by atoms with E-state index in [1.165, 1.54) is 0 Å². The number of benzene rings is 2. The Morgan fingerprint density at radius 3 is 1.35 bits per heavy atom. The number of amides is 6. The summed E-state index contributed by atoms with van der Waals surface area (Å²) in [5.41, 5.74) is 15.1. The van der Waals surface area contributed by atoms with Gasteiger partial charge in [0.2, 0.25) is 35.4 Å². The number of primary amides is 2. The number of carbonyl (C=O) groups is 6. The van der Waals surface area contributed by atoms with E-state index in [1.54, 1.807) is 61.3 Å². The summed E-state index contributed by atoms with van der Waals surface area (Å²) >= 11 is 3.30. The molecule has 60 heavy (non-hydrogen) atoms. The zero-order valence-electron chi connectivity index (χ0n) is 36.0. The maximum Gasteiger partial charge on any atom is 0.246 e. The summed E-state index contributed by atoms with van der Waals surface area (Å²) < 4.78 is 0. The number of nitrogens with one attached hydrogen (secondary N) is 4. The average molecular weight is 863 g/mol. The number of likely N-dealkylation sites (N-methyl/N-ethyl adjacent to an activating group) is 2. The Kier molecular flexibility index (Phi) is 13.7. The highest BCUT2D eigenvalue weighted by atomic mass is 32.2. The summed E-state index contributed by atoms with van der Waals surface area (Å²) in [6.07, 6.45) is 3.15. The molecule has 4 fully saturated rings. The molecule has 14 nitrogen and oxygen atoms in total. The first-order chi connectivity index (χ1) is 28.3. The van der Waals surface area contributed by atoms with Crippen LogP contribution in [-0.4, -0.2) is 106 Å². The third-order valence-electron chi connectivity index (χ3n) is 13.0. The number of hydrogen-bond donors (Lipinski definition) is 6. The summed E-state index contributed by atoms with van der Waals surface area (Å²) in [6.45, 7) is 11.3. The zero-order chi connectivity index (χ0) is 43.8. The quantitative estimate of drug-likeness (QED) is 0.174. The van der Waals surface area contributed by atoms with Crippen molar-refractivity contribution in [3.63, 3.8) is 0 Å². The summed E-state index contributed by atoms with van der Waals surface area (Å²) in [5.74, 6) is -2.32. The third-order valence-corrected chi connectivity index (χ3v) is 16.0. The van der Waals surface area contributed by atoms with Crippen LogP contribution in [0, 0.1) is 10.8 Å². The van der Waals surface area contributed by atoms with E-state index in [9.17, 15) is 28.8 Å². The second kappa shape index (κ2) is 18.1. The van der Waals surface area contributed by atoms with Crippen LogP contribution < -0.4 is 32.7 Å². The molecule has 2 aromatic rings. The van der Waals surface area contributed by atoms with Gasteiger partial charge in [-0.2, -0.15) is 0 Å². The third kappa shape index (κ3) is 9.07. The molecule has 4 heterocycles. The fraction of sp³-hybridized carbons (Fsp3) is 0.591. The van der Waals surface area contributed by atoms with Gasteiger partial charge in [0.25, 0.3) is 0 Å². The molecule has 0 spiro atoms. The van der Waals surface area contributed by atoms with E-state index >= 15 is 0 Å². The molecule has 16 heteroatoms. The zero-order valence-corrected chi connectivity index (χ0v) is 37.6. The highest BCUT2D eigenvalue weighted by Crippen LogP contribution is 2.53. The van der Waals surface area contributed by atoms with Crippen LogP contribution in [-0.2, 0) is 41.6 Å². The Labute approximate surface area is 362 Å². The van der Waals surface area contributed by atoms with Gasteiger partial charge < -0.3 is 42.5 Å². The van der Waals surface area contributed by atoms with Crippen molar-refractivity contribution in [3.8, 4) is 0 Å². The van der Waals surface area contributed by atoms with Crippen LogP contribution in [0.15, 0.2) is 48.5 Å². The van der Waals surface area contributed by atoms with Gasteiger partial charge in [-0.1, -0.05) is 76.2 Å². The number of nitrogens with zero attached hydrogens (tertiary/aromatic N) is 2. The first kappa shape index (κ1) is 45.4. The van der Waals surface area contributed by atoms with Crippen molar-refractivity contribution in [2.45, 2.75) is 138 Å². The van der Waals surface area contributed by atoms with E-state index in [0.29, 0.717) is 38.5 Å². The normalized spacial score (nSPS) is 29.4. The molecule has 4 aliphatic rings. The number of carbonyl (C=O) groups excluding carboxylic acids is 6. The molecule has 4 aliphatic heterocycles. The van der Waals surface area contributed by atoms with E-state index in [0.717, 1.165) is 22.3 Å². The highest BCUT2D eigenvalue weighted by Gasteiger charge is 2.57. The Bertz CT molecular complexity index is 1860. The summed E-state index contributed by atoms with van der Waals surface area (Å²) in [5, 5.41) is 10.9. The molecule has 0 bridgehead atoms.